The molecule has 0 bridgehead atoms. The number of nitrogens with one attached hydrogen (secondary N) is 1. The molecule has 0 radical (unpaired) electrons. The molecule has 1 heterocycles. The van der Waals surface area contributed by atoms with E-state index >= 15 is 0 Å². The summed E-state index contributed by atoms with van der Waals surface area (Å²) in [5.41, 5.74) is 11.1. The molecule has 9 rings (SSSR count). The van der Waals surface area contributed by atoms with E-state index in [1.54, 1.807) is 0 Å². The molecule has 2 nitrogen and oxygen atoms in total. The third kappa shape index (κ3) is 4.12. The molecule has 1 N–H and O–H groups in total. The topological polar surface area (TPSA) is 15.3 Å². The lowest BCUT2D eigenvalue weighted by Gasteiger charge is -2.26. The maximum Gasteiger partial charge on any atom is 0.103 e. The Morgan fingerprint density at radius 1 is 0.477 bits per heavy atom. The monoisotopic (exact) mass is 580 g/mol. The molecule has 1 atom stereocenters. The minimum absolute atomic E-state index is 0.184. The fourth-order valence-electron chi connectivity index (χ4n) is 6.69. The predicted molar refractivity (Wildman–Crippen MR) is 188 cm³/mol. The van der Waals surface area contributed by atoms with Crippen molar-refractivity contribution in [3.05, 3.63) is 174 Å². The molecular weight excluding hydrogens is 553 g/mol. The Morgan fingerprint density at radius 2 is 1.09 bits per heavy atom. The summed E-state index contributed by atoms with van der Waals surface area (Å²) >= 11 is 1.93. The zero-order valence-corrected chi connectivity index (χ0v) is 24.8. The lowest BCUT2D eigenvalue weighted by atomic mass is 10.0. The fourth-order valence-corrected chi connectivity index (χ4v) is 7.97. The molecule has 0 spiro atoms. The van der Waals surface area contributed by atoms with Crippen molar-refractivity contribution in [1.82, 2.24) is 5.32 Å². The molecule has 7 aromatic carbocycles. The highest BCUT2D eigenvalue weighted by Crippen LogP contribution is 2.55. The summed E-state index contributed by atoms with van der Waals surface area (Å²) in [5.74, 6) is 0. The van der Waals surface area contributed by atoms with Crippen molar-refractivity contribution in [2.75, 3.05) is 4.90 Å². The van der Waals surface area contributed by atoms with Gasteiger partial charge in [-0.3, -0.25) is 0 Å². The van der Waals surface area contributed by atoms with Crippen molar-refractivity contribution in [1.29, 1.82) is 0 Å². The number of hydrogen-bond donors (Lipinski definition) is 1. The number of fused-ring (bicyclic) bond motifs is 3. The number of rotatable bonds is 5. The van der Waals surface area contributed by atoms with Crippen LogP contribution in [0.5, 0.6) is 0 Å². The number of anilines is 3. The normalized spacial score (nSPS) is 15.0. The molecule has 1 aliphatic carbocycles. The van der Waals surface area contributed by atoms with Crippen molar-refractivity contribution < 1.29 is 0 Å². The minimum Gasteiger partial charge on any atom is -0.368 e. The van der Waals surface area contributed by atoms with Crippen LogP contribution in [0.1, 0.15) is 22.1 Å². The van der Waals surface area contributed by atoms with Crippen LogP contribution in [0.2, 0.25) is 0 Å². The molecule has 0 saturated heterocycles. The Bertz CT molecular complexity index is 2170. The van der Waals surface area contributed by atoms with E-state index in [0.717, 1.165) is 17.1 Å². The minimum atomic E-state index is 0.184. The summed E-state index contributed by atoms with van der Waals surface area (Å²) in [6.07, 6.45) is 0. The zero-order valence-electron chi connectivity index (χ0n) is 23.9. The smallest absolute Gasteiger partial charge is 0.103 e. The van der Waals surface area contributed by atoms with Gasteiger partial charge >= 0.3 is 0 Å². The summed E-state index contributed by atoms with van der Waals surface area (Å²) in [5, 5.41) is 9.24. The van der Waals surface area contributed by atoms with E-state index in [2.05, 4.69) is 168 Å². The van der Waals surface area contributed by atoms with E-state index in [0.29, 0.717) is 0 Å². The Balaban J connectivity index is 1.01. The predicted octanol–water partition coefficient (Wildman–Crippen LogP) is 11.3. The Kier molecular flexibility index (Phi) is 5.85. The molecule has 44 heavy (non-hydrogen) atoms. The SMILES string of the molecule is c1ccc(N(c2ccc(-c3ccc4ccccc4c3)cc2)c2ccc(C3NC4=C(S3)c3cccc5cccc4c35)cc2)cc1. The molecule has 208 valence electrons. The van der Waals surface area contributed by atoms with Crippen LogP contribution in [0.3, 0.4) is 0 Å². The molecule has 0 amide bonds. The van der Waals surface area contributed by atoms with Crippen LogP contribution in [-0.2, 0) is 0 Å². The van der Waals surface area contributed by atoms with E-state index in [1.165, 1.54) is 60.0 Å². The van der Waals surface area contributed by atoms with E-state index in [-0.39, 0.29) is 5.37 Å². The molecule has 1 aliphatic heterocycles. The first-order valence-corrected chi connectivity index (χ1v) is 15.9. The molecule has 7 aromatic rings. The highest BCUT2D eigenvalue weighted by molar-refractivity contribution is 8.09. The maximum atomic E-state index is 3.85. The average Bonchev–Trinajstić information content (AvgIpc) is 3.66. The summed E-state index contributed by atoms with van der Waals surface area (Å²) in [4.78, 5) is 3.70. The largest absolute Gasteiger partial charge is 0.368 e. The van der Waals surface area contributed by atoms with Crippen LogP contribution in [0, 0.1) is 0 Å². The van der Waals surface area contributed by atoms with Gasteiger partial charge in [-0.25, -0.2) is 0 Å². The van der Waals surface area contributed by atoms with Crippen LogP contribution in [0.4, 0.5) is 17.1 Å². The summed E-state index contributed by atoms with van der Waals surface area (Å²) in [6, 6.07) is 57.1. The number of benzene rings is 7. The zero-order chi connectivity index (χ0) is 29.0. The molecule has 1 unspecified atom stereocenters. The molecular formula is C41H28N2S. The second kappa shape index (κ2) is 10.2. The average molecular weight is 581 g/mol. The summed E-state index contributed by atoms with van der Waals surface area (Å²) in [6.45, 7) is 0. The van der Waals surface area contributed by atoms with Gasteiger partial charge in [-0.05, 0) is 86.3 Å². The van der Waals surface area contributed by atoms with E-state index in [9.17, 15) is 0 Å². The van der Waals surface area contributed by atoms with Crippen molar-refractivity contribution in [3.63, 3.8) is 0 Å². The first kappa shape index (κ1) is 25.3. The van der Waals surface area contributed by atoms with E-state index in [4.69, 9.17) is 0 Å². The van der Waals surface area contributed by atoms with Gasteiger partial charge in [0.25, 0.3) is 0 Å². The maximum absolute atomic E-state index is 3.85. The van der Waals surface area contributed by atoms with Gasteiger partial charge in [0.15, 0.2) is 0 Å². The number of thioether (sulfide) groups is 1. The third-order valence-electron chi connectivity index (χ3n) is 8.83. The number of para-hydroxylation sites is 1. The first-order valence-electron chi connectivity index (χ1n) is 15.0. The van der Waals surface area contributed by atoms with Gasteiger partial charge in [-0.15, -0.1) is 0 Å². The van der Waals surface area contributed by atoms with Gasteiger partial charge < -0.3 is 10.2 Å². The molecule has 0 saturated carbocycles. The van der Waals surface area contributed by atoms with E-state index < -0.39 is 0 Å². The first-order chi connectivity index (χ1) is 21.8. The van der Waals surface area contributed by atoms with Gasteiger partial charge in [-0.1, -0.05) is 127 Å². The highest BCUT2D eigenvalue weighted by Gasteiger charge is 2.33. The molecule has 0 fully saturated rings. The molecule has 0 aromatic heterocycles. The summed E-state index contributed by atoms with van der Waals surface area (Å²) in [7, 11) is 0. The number of hydrogen-bond acceptors (Lipinski definition) is 3. The Hall–Kier alpha value is -5.25. The van der Waals surface area contributed by atoms with Crippen molar-refractivity contribution in [2.45, 2.75) is 5.37 Å². The van der Waals surface area contributed by atoms with Crippen LogP contribution in [0.25, 0.3) is 43.3 Å². The van der Waals surface area contributed by atoms with Gasteiger partial charge in [0, 0.05) is 27.5 Å². The lowest BCUT2D eigenvalue weighted by molar-refractivity contribution is 0.881. The quantitative estimate of drug-likeness (QED) is 0.218. The second-order valence-corrected chi connectivity index (χ2v) is 12.5. The Morgan fingerprint density at radius 3 is 1.86 bits per heavy atom. The third-order valence-corrected chi connectivity index (χ3v) is 10.1. The van der Waals surface area contributed by atoms with Crippen LogP contribution < -0.4 is 10.2 Å². The number of nitrogens with zero attached hydrogens (tertiary/aromatic N) is 1. The lowest BCUT2D eigenvalue weighted by Crippen LogP contribution is -2.13. The molecule has 2 aliphatic rings. The molecule has 3 heteroatoms. The Labute approximate surface area is 261 Å². The van der Waals surface area contributed by atoms with Crippen molar-refractivity contribution >= 4 is 61.0 Å². The standard InChI is InChI=1S/C41H28N2S/c1-2-12-33(13-3-1)43(34-22-18-28(19-23-34)32-17-16-27-8-4-5-9-31(27)26-32)35-24-20-30(21-25-35)41-42-39-36-14-6-10-29-11-7-15-37(38(29)36)40(39)44-41/h1-26,41-42H. The van der Waals surface area contributed by atoms with Crippen molar-refractivity contribution in [2.24, 2.45) is 0 Å². The van der Waals surface area contributed by atoms with E-state index in [1.807, 2.05) is 11.8 Å². The van der Waals surface area contributed by atoms with Crippen LogP contribution in [0.15, 0.2) is 158 Å². The van der Waals surface area contributed by atoms with Crippen LogP contribution in [-0.4, -0.2) is 0 Å². The second-order valence-electron chi connectivity index (χ2n) is 11.4. The van der Waals surface area contributed by atoms with Gasteiger partial charge in [0.05, 0.1) is 5.70 Å². The summed E-state index contributed by atoms with van der Waals surface area (Å²) < 4.78 is 0. The fraction of sp³-hybridized carbons (Fsp3) is 0.0244. The highest BCUT2D eigenvalue weighted by atomic mass is 32.2. The van der Waals surface area contributed by atoms with Gasteiger partial charge in [0.1, 0.15) is 5.37 Å². The van der Waals surface area contributed by atoms with Crippen LogP contribution >= 0.6 is 11.8 Å². The van der Waals surface area contributed by atoms with Gasteiger partial charge in [0.2, 0.25) is 0 Å². The van der Waals surface area contributed by atoms with Gasteiger partial charge in [-0.2, -0.15) is 0 Å². The van der Waals surface area contributed by atoms with Crippen molar-refractivity contribution in [3.8, 4) is 11.1 Å².